The maximum absolute atomic E-state index is 12.4. The molecule has 2 aromatic rings. The van der Waals surface area contributed by atoms with E-state index in [1.54, 1.807) is 0 Å². The number of sulfonamides is 1. The normalized spacial score (nSPS) is 17.9. The first-order valence-corrected chi connectivity index (χ1v) is 8.47. The van der Waals surface area contributed by atoms with Crippen LogP contribution in [-0.2, 0) is 16.4 Å². The molecule has 1 aromatic heterocycles. The van der Waals surface area contributed by atoms with Crippen molar-refractivity contribution < 1.29 is 18.3 Å². The van der Waals surface area contributed by atoms with Crippen LogP contribution in [0.3, 0.4) is 0 Å². The second kappa shape index (κ2) is 5.58. The molecule has 7 heteroatoms. The van der Waals surface area contributed by atoms with Gasteiger partial charge in [0.2, 0.25) is 10.0 Å². The quantitative estimate of drug-likeness (QED) is 0.803. The Morgan fingerprint density at radius 2 is 2.09 bits per heavy atom. The van der Waals surface area contributed by atoms with E-state index in [2.05, 4.69) is 9.71 Å². The fourth-order valence-electron chi connectivity index (χ4n) is 2.78. The number of nitrogens with one attached hydrogen (secondary N) is 2. The Balaban J connectivity index is 1.87. The highest BCUT2D eigenvalue weighted by Crippen LogP contribution is 2.30. The second-order valence-electron chi connectivity index (χ2n) is 5.32. The number of carboxylic acids is 1. The molecule has 22 heavy (non-hydrogen) atoms. The van der Waals surface area contributed by atoms with Crippen molar-refractivity contribution in [1.29, 1.82) is 0 Å². The van der Waals surface area contributed by atoms with Gasteiger partial charge in [0.25, 0.3) is 0 Å². The first-order chi connectivity index (χ1) is 10.5. The molecular weight excluding hydrogens is 304 g/mol. The van der Waals surface area contributed by atoms with Crippen LogP contribution in [-0.4, -0.2) is 24.5 Å². The third-order valence-electron chi connectivity index (χ3n) is 3.86. The van der Waals surface area contributed by atoms with Crippen LogP contribution in [0.5, 0.6) is 0 Å². The Morgan fingerprint density at radius 3 is 2.82 bits per heavy atom. The van der Waals surface area contributed by atoms with Crippen LogP contribution in [0.1, 0.15) is 40.5 Å². The lowest BCUT2D eigenvalue weighted by Crippen LogP contribution is -2.30. The number of carbonyl (C=O) groups is 1. The van der Waals surface area contributed by atoms with E-state index < -0.39 is 16.0 Å². The second-order valence-corrected chi connectivity index (χ2v) is 7.03. The third kappa shape index (κ3) is 2.77. The van der Waals surface area contributed by atoms with E-state index in [4.69, 9.17) is 5.11 Å². The van der Waals surface area contributed by atoms with Gasteiger partial charge in [-0.15, -0.1) is 0 Å². The average Bonchev–Trinajstić information content (AvgIpc) is 2.98. The van der Waals surface area contributed by atoms with Crippen molar-refractivity contribution in [3.8, 4) is 0 Å². The van der Waals surface area contributed by atoms with Crippen LogP contribution < -0.4 is 4.72 Å². The van der Waals surface area contributed by atoms with Gasteiger partial charge in [0.15, 0.2) is 0 Å². The highest BCUT2D eigenvalue weighted by molar-refractivity contribution is 7.89. The fraction of sp³-hybridized carbons (Fsp3) is 0.267. The summed E-state index contributed by atoms with van der Waals surface area (Å²) in [6.45, 7) is 0. The number of carboxylic acid groups (broad SMARTS) is 1. The van der Waals surface area contributed by atoms with Gasteiger partial charge >= 0.3 is 5.97 Å². The Morgan fingerprint density at radius 1 is 1.32 bits per heavy atom. The van der Waals surface area contributed by atoms with Gasteiger partial charge in [0.1, 0.15) is 10.6 Å². The molecule has 116 valence electrons. The summed E-state index contributed by atoms with van der Waals surface area (Å²) in [6.07, 6.45) is 3.78. The Hall–Kier alpha value is -2.12. The highest BCUT2D eigenvalue weighted by Gasteiger charge is 2.26. The molecule has 1 aliphatic rings. The smallest absolute Gasteiger partial charge is 0.352 e. The minimum Gasteiger partial charge on any atom is -0.477 e. The lowest BCUT2D eigenvalue weighted by molar-refractivity contribution is 0.0691. The van der Waals surface area contributed by atoms with Gasteiger partial charge in [-0.3, -0.25) is 0 Å². The van der Waals surface area contributed by atoms with Crippen LogP contribution >= 0.6 is 0 Å². The molecule has 0 aliphatic heterocycles. The molecule has 0 spiro atoms. The number of aromatic carboxylic acids is 1. The van der Waals surface area contributed by atoms with Crippen molar-refractivity contribution in [2.24, 2.45) is 0 Å². The summed E-state index contributed by atoms with van der Waals surface area (Å²) in [5.41, 5.74) is 2.00. The molecule has 1 aromatic carbocycles. The van der Waals surface area contributed by atoms with E-state index in [1.807, 2.05) is 24.3 Å². The van der Waals surface area contributed by atoms with E-state index in [1.165, 1.54) is 6.20 Å². The summed E-state index contributed by atoms with van der Waals surface area (Å²) >= 11 is 0. The molecule has 0 saturated carbocycles. The average molecular weight is 320 g/mol. The van der Waals surface area contributed by atoms with Gasteiger partial charge in [-0.2, -0.15) is 0 Å². The molecule has 3 N–H and O–H groups in total. The van der Waals surface area contributed by atoms with Crippen LogP contribution in [0, 0.1) is 0 Å². The maximum atomic E-state index is 12.4. The number of fused-ring (bicyclic) bond motifs is 1. The lowest BCUT2D eigenvalue weighted by atomic mass is 9.88. The zero-order valence-electron chi connectivity index (χ0n) is 11.7. The summed E-state index contributed by atoms with van der Waals surface area (Å²) in [6, 6.07) is 8.62. The number of H-pyrrole nitrogens is 1. The van der Waals surface area contributed by atoms with E-state index in [9.17, 15) is 13.2 Å². The van der Waals surface area contributed by atoms with Gasteiger partial charge in [-0.25, -0.2) is 17.9 Å². The standard InChI is InChI=1S/C15H16N2O4S/c18-15(19)14-8-11(9-16-14)22(20,21)17-13-7-3-5-10-4-1-2-6-12(10)13/h1-2,4,6,8-9,13,16-17H,3,5,7H2,(H,18,19). The minimum atomic E-state index is -3.76. The molecule has 6 nitrogen and oxygen atoms in total. The van der Waals surface area contributed by atoms with Crippen LogP contribution in [0.25, 0.3) is 0 Å². The third-order valence-corrected chi connectivity index (χ3v) is 5.32. The van der Waals surface area contributed by atoms with Crippen LogP contribution in [0.4, 0.5) is 0 Å². The topological polar surface area (TPSA) is 99.3 Å². The fourth-order valence-corrected chi connectivity index (χ4v) is 4.03. The number of hydrogen-bond donors (Lipinski definition) is 3. The number of hydrogen-bond acceptors (Lipinski definition) is 3. The van der Waals surface area contributed by atoms with E-state index in [0.29, 0.717) is 0 Å². The predicted octanol–water partition coefficient (Wildman–Crippen LogP) is 2.07. The van der Waals surface area contributed by atoms with Gasteiger partial charge < -0.3 is 10.1 Å². The van der Waals surface area contributed by atoms with Gasteiger partial charge in [0, 0.05) is 12.2 Å². The Bertz CT molecular complexity index is 810. The summed E-state index contributed by atoms with van der Waals surface area (Å²) in [5.74, 6) is -1.19. The zero-order valence-corrected chi connectivity index (χ0v) is 12.6. The molecule has 0 fully saturated rings. The molecule has 3 rings (SSSR count). The van der Waals surface area contributed by atoms with Gasteiger partial charge in [-0.1, -0.05) is 24.3 Å². The van der Waals surface area contributed by atoms with Crippen molar-refractivity contribution in [2.45, 2.75) is 30.2 Å². The number of rotatable bonds is 4. The summed E-state index contributed by atoms with van der Waals surface area (Å²) in [7, 11) is -3.76. The molecule has 0 saturated heterocycles. The Labute approximate surface area is 128 Å². The van der Waals surface area contributed by atoms with E-state index >= 15 is 0 Å². The van der Waals surface area contributed by atoms with Crippen molar-refractivity contribution in [1.82, 2.24) is 9.71 Å². The maximum Gasteiger partial charge on any atom is 0.352 e. The minimum absolute atomic E-state index is 0.0621. The Kier molecular flexibility index (Phi) is 3.76. The monoisotopic (exact) mass is 320 g/mol. The summed E-state index contributed by atoms with van der Waals surface area (Å²) in [4.78, 5) is 13.2. The highest BCUT2D eigenvalue weighted by atomic mass is 32.2. The first kappa shape index (κ1) is 14.8. The van der Waals surface area contributed by atoms with E-state index in [-0.39, 0.29) is 16.6 Å². The molecule has 0 radical (unpaired) electrons. The van der Waals surface area contributed by atoms with E-state index in [0.717, 1.165) is 36.5 Å². The van der Waals surface area contributed by atoms with Crippen LogP contribution in [0.2, 0.25) is 0 Å². The van der Waals surface area contributed by atoms with Crippen LogP contribution in [0.15, 0.2) is 41.4 Å². The van der Waals surface area contributed by atoms with Crippen molar-refractivity contribution >= 4 is 16.0 Å². The lowest BCUT2D eigenvalue weighted by Gasteiger charge is -2.25. The zero-order chi connectivity index (χ0) is 15.7. The van der Waals surface area contributed by atoms with Crippen molar-refractivity contribution in [3.63, 3.8) is 0 Å². The SMILES string of the molecule is O=C(O)c1cc(S(=O)(=O)NC2CCCc3ccccc32)c[nH]1. The van der Waals surface area contributed by atoms with Gasteiger partial charge in [0.05, 0.1) is 0 Å². The molecule has 1 unspecified atom stereocenters. The van der Waals surface area contributed by atoms with Gasteiger partial charge in [-0.05, 0) is 36.5 Å². The predicted molar refractivity (Wildman–Crippen MR) is 80.2 cm³/mol. The first-order valence-electron chi connectivity index (χ1n) is 6.99. The molecule has 0 bridgehead atoms. The molecule has 1 heterocycles. The number of aromatic nitrogens is 1. The molecule has 1 atom stereocenters. The molecule has 1 aliphatic carbocycles. The summed E-state index contributed by atoms with van der Waals surface area (Å²) in [5, 5.41) is 8.87. The molecular formula is C15H16N2O4S. The summed E-state index contributed by atoms with van der Waals surface area (Å²) < 4.78 is 27.5. The number of benzene rings is 1. The van der Waals surface area contributed by atoms with Crippen molar-refractivity contribution in [3.05, 3.63) is 53.3 Å². The largest absolute Gasteiger partial charge is 0.477 e. The number of aryl methyl sites for hydroxylation is 1. The molecule has 0 amide bonds. The van der Waals surface area contributed by atoms with Crippen molar-refractivity contribution in [2.75, 3.05) is 0 Å². The number of aromatic amines is 1.